The van der Waals surface area contributed by atoms with Crippen molar-refractivity contribution in [2.45, 2.75) is 19.3 Å². The number of nitrogens with zero attached hydrogens (tertiary/aromatic N) is 3. The van der Waals surface area contributed by atoms with Crippen molar-refractivity contribution >= 4 is 39.1 Å². The van der Waals surface area contributed by atoms with E-state index in [0.717, 1.165) is 55.7 Å². The highest BCUT2D eigenvalue weighted by atomic mass is 79.9. The van der Waals surface area contributed by atoms with Gasteiger partial charge in [-0.1, -0.05) is 40.2 Å². The molecular weight excluding hydrogens is 468 g/mol. The number of halogens is 1. The zero-order valence-electron chi connectivity index (χ0n) is 18.4. The highest BCUT2D eigenvalue weighted by Gasteiger charge is 2.35. The molecule has 0 radical (unpaired) electrons. The van der Waals surface area contributed by atoms with Crippen molar-refractivity contribution in [3.05, 3.63) is 59.1 Å². The van der Waals surface area contributed by atoms with E-state index in [1.54, 1.807) is 4.90 Å². The minimum Gasteiger partial charge on any atom is -0.369 e. The van der Waals surface area contributed by atoms with Gasteiger partial charge in [0.15, 0.2) is 0 Å². The van der Waals surface area contributed by atoms with Gasteiger partial charge in [0.2, 0.25) is 11.8 Å². The van der Waals surface area contributed by atoms with Crippen LogP contribution >= 0.6 is 15.9 Å². The Hall–Kier alpha value is -2.38. The number of para-hydroxylation sites is 1. The number of carbonyl (C=O) groups excluding carboxylic acids is 2. The van der Waals surface area contributed by atoms with E-state index in [9.17, 15) is 9.59 Å². The van der Waals surface area contributed by atoms with Crippen molar-refractivity contribution in [1.82, 2.24) is 10.2 Å². The van der Waals surface area contributed by atoms with Crippen LogP contribution < -0.4 is 15.1 Å². The number of piperazine rings is 1. The first-order valence-electron chi connectivity index (χ1n) is 11.5. The van der Waals surface area contributed by atoms with Gasteiger partial charge in [0.1, 0.15) is 0 Å². The van der Waals surface area contributed by atoms with Crippen LogP contribution in [-0.4, -0.2) is 62.5 Å². The summed E-state index contributed by atoms with van der Waals surface area (Å²) in [6.45, 7) is 6.47. The van der Waals surface area contributed by atoms with Crippen LogP contribution in [0.5, 0.6) is 0 Å². The summed E-state index contributed by atoms with van der Waals surface area (Å²) in [6.07, 6.45) is 2.31. The molecule has 170 valence electrons. The molecule has 0 spiro atoms. The molecular formula is C25H31BrN4O2. The molecule has 2 saturated heterocycles. The highest BCUT2D eigenvalue weighted by molar-refractivity contribution is 9.10. The first-order chi connectivity index (χ1) is 15.6. The van der Waals surface area contributed by atoms with Crippen LogP contribution in [0.3, 0.4) is 0 Å². The van der Waals surface area contributed by atoms with Crippen molar-refractivity contribution in [2.75, 3.05) is 55.6 Å². The number of benzene rings is 2. The summed E-state index contributed by atoms with van der Waals surface area (Å²) in [5.41, 5.74) is 2.14. The van der Waals surface area contributed by atoms with Crippen LogP contribution in [0.15, 0.2) is 59.1 Å². The zero-order valence-corrected chi connectivity index (χ0v) is 20.0. The normalized spacial score (nSPS) is 19.4. The minimum atomic E-state index is -0.271. The third-order valence-corrected chi connectivity index (χ3v) is 6.80. The number of unbranched alkanes of at least 4 members (excludes halogenated alkanes) is 1. The van der Waals surface area contributed by atoms with Crippen molar-refractivity contribution < 1.29 is 9.59 Å². The van der Waals surface area contributed by atoms with E-state index in [2.05, 4.69) is 61.4 Å². The number of anilines is 2. The maximum absolute atomic E-state index is 12.6. The second-order valence-electron chi connectivity index (χ2n) is 8.55. The predicted molar refractivity (Wildman–Crippen MR) is 132 cm³/mol. The zero-order chi connectivity index (χ0) is 22.3. The topological polar surface area (TPSA) is 55.9 Å². The Balaban J connectivity index is 1.12. The lowest BCUT2D eigenvalue weighted by Gasteiger charge is -2.36. The van der Waals surface area contributed by atoms with Gasteiger partial charge >= 0.3 is 0 Å². The van der Waals surface area contributed by atoms with Gasteiger partial charge < -0.3 is 15.1 Å². The lowest BCUT2D eigenvalue weighted by atomic mass is 10.1. The molecule has 1 unspecified atom stereocenters. The average Bonchev–Trinajstić information content (AvgIpc) is 3.21. The smallest absolute Gasteiger partial charge is 0.227 e. The molecule has 7 heteroatoms. The number of amides is 2. The molecule has 1 atom stereocenters. The molecule has 2 amide bonds. The summed E-state index contributed by atoms with van der Waals surface area (Å²) in [5.74, 6) is -0.266. The van der Waals surface area contributed by atoms with Crippen LogP contribution in [0.1, 0.15) is 19.3 Å². The fourth-order valence-corrected chi connectivity index (χ4v) is 4.85. The quantitative estimate of drug-likeness (QED) is 0.565. The maximum Gasteiger partial charge on any atom is 0.227 e. The second kappa shape index (κ2) is 11.0. The van der Waals surface area contributed by atoms with Gasteiger partial charge in [-0.15, -0.1) is 0 Å². The van der Waals surface area contributed by atoms with E-state index in [-0.39, 0.29) is 24.2 Å². The Morgan fingerprint density at radius 2 is 1.72 bits per heavy atom. The van der Waals surface area contributed by atoms with Crippen LogP contribution in [0, 0.1) is 5.92 Å². The Labute approximate surface area is 198 Å². The van der Waals surface area contributed by atoms with Gasteiger partial charge in [-0.05, 0) is 49.7 Å². The van der Waals surface area contributed by atoms with E-state index in [1.165, 1.54) is 5.69 Å². The molecule has 1 N–H and O–H groups in total. The Bertz CT molecular complexity index is 915. The van der Waals surface area contributed by atoms with E-state index in [4.69, 9.17) is 0 Å². The Morgan fingerprint density at radius 3 is 2.47 bits per heavy atom. The fraction of sp³-hybridized carbons (Fsp3) is 0.440. The Morgan fingerprint density at radius 1 is 0.969 bits per heavy atom. The third-order valence-electron chi connectivity index (χ3n) is 6.31. The van der Waals surface area contributed by atoms with Crippen LogP contribution in [0.25, 0.3) is 0 Å². The third kappa shape index (κ3) is 5.90. The van der Waals surface area contributed by atoms with Crippen LogP contribution in [0.4, 0.5) is 11.4 Å². The lowest BCUT2D eigenvalue weighted by molar-refractivity contribution is -0.126. The first-order valence-corrected chi connectivity index (χ1v) is 12.3. The summed E-state index contributed by atoms with van der Waals surface area (Å²) < 4.78 is 0.928. The van der Waals surface area contributed by atoms with Crippen molar-refractivity contribution in [2.24, 2.45) is 5.92 Å². The fourth-order valence-electron chi connectivity index (χ4n) is 4.46. The van der Waals surface area contributed by atoms with Gasteiger partial charge in [-0.3, -0.25) is 14.5 Å². The van der Waals surface area contributed by atoms with Gasteiger partial charge in [0.05, 0.1) is 5.92 Å². The van der Waals surface area contributed by atoms with Gasteiger partial charge in [0.25, 0.3) is 0 Å². The molecule has 0 bridgehead atoms. The van der Waals surface area contributed by atoms with Crippen molar-refractivity contribution in [3.8, 4) is 0 Å². The molecule has 2 fully saturated rings. The van der Waals surface area contributed by atoms with Gasteiger partial charge in [-0.2, -0.15) is 0 Å². The maximum atomic E-state index is 12.6. The van der Waals surface area contributed by atoms with E-state index >= 15 is 0 Å². The predicted octanol–water partition coefficient (Wildman–Crippen LogP) is 3.52. The van der Waals surface area contributed by atoms with E-state index < -0.39 is 0 Å². The molecule has 4 rings (SSSR count). The molecule has 0 saturated carbocycles. The molecule has 2 aliphatic heterocycles. The summed E-state index contributed by atoms with van der Waals surface area (Å²) >= 11 is 3.44. The van der Waals surface area contributed by atoms with E-state index in [0.29, 0.717) is 13.1 Å². The lowest BCUT2D eigenvalue weighted by Crippen LogP contribution is -2.46. The van der Waals surface area contributed by atoms with Crippen LogP contribution in [-0.2, 0) is 9.59 Å². The second-order valence-corrected chi connectivity index (χ2v) is 9.46. The first kappa shape index (κ1) is 22.8. The number of rotatable bonds is 8. The van der Waals surface area contributed by atoms with E-state index in [1.807, 2.05) is 24.3 Å². The minimum absolute atomic E-state index is 0.00711. The molecule has 0 aromatic heterocycles. The summed E-state index contributed by atoms with van der Waals surface area (Å²) in [6, 6.07) is 18.2. The standard InChI is InChI=1S/C25H31BrN4O2/c26-21-7-6-10-23(18-21)30-19-20(17-24(30)31)25(32)27-11-4-5-12-28-13-15-29(16-14-28)22-8-2-1-3-9-22/h1-3,6-10,18,20H,4-5,11-17,19H2,(H,27,32). The average molecular weight is 499 g/mol. The molecule has 2 aliphatic rings. The summed E-state index contributed by atoms with van der Waals surface area (Å²) in [4.78, 5) is 31.6. The summed E-state index contributed by atoms with van der Waals surface area (Å²) in [5, 5.41) is 3.04. The number of nitrogens with one attached hydrogen (secondary N) is 1. The number of hydrogen-bond acceptors (Lipinski definition) is 4. The molecule has 2 heterocycles. The number of carbonyl (C=O) groups is 2. The highest BCUT2D eigenvalue weighted by Crippen LogP contribution is 2.27. The van der Waals surface area contributed by atoms with Crippen LogP contribution in [0.2, 0.25) is 0 Å². The molecule has 0 aliphatic carbocycles. The largest absolute Gasteiger partial charge is 0.369 e. The van der Waals surface area contributed by atoms with Gasteiger partial charge in [-0.25, -0.2) is 0 Å². The number of hydrogen-bond donors (Lipinski definition) is 1. The van der Waals surface area contributed by atoms with Crippen molar-refractivity contribution in [3.63, 3.8) is 0 Å². The molecule has 32 heavy (non-hydrogen) atoms. The molecule has 2 aromatic carbocycles. The van der Waals surface area contributed by atoms with Crippen molar-refractivity contribution in [1.29, 1.82) is 0 Å². The summed E-state index contributed by atoms with van der Waals surface area (Å²) in [7, 11) is 0. The molecule has 2 aromatic rings. The SMILES string of the molecule is O=C(NCCCCN1CCN(c2ccccc2)CC1)C1CC(=O)N(c2cccc(Br)c2)C1. The Kier molecular flexibility index (Phi) is 7.81. The monoisotopic (exact) mass is 498 g/mol. The van der Waals surface area contributed by atoms with Gasteiger partial charge in [0, 0.05) is 61.5 Å². The molecule has 6 nitrogen and oxygen atoms in total.